The number of rotatable bonds is 6. The van der Waals surface area contributed by atoms with Crippen molar-refractivity contribution in [3.8, 4) is 5.75 Å². The number of benzene rings is 2. The van der Waals surface area contributed by atoms with Crippen LogP contribution in [0.4, 0.5) is 14.9 Å². The highest BCUT2D eigenvalue weighted by molar-refractivity contribution is 5.86. The van der Waals surface area contributed by atoms with Gasteiger partial charge < -0.3 is 9.84 Å². The lowest BCUT2D eigenvalue weighted by Crippen LogP contribution is -2.22. The van der Waals surface area contributed by atoms with E-state index < -0.39 is 35.6 Å². The lowest BCUT2D eigenvalue weighted by atomic mass is 9.96. The molecule has 8 heteroatoms. The number of phenols is 1. The number of hydrogen-bond acceptors (Lipinski definition) is 5. The van der Waals surface area contributed by atoms with Gasteiger partial charge in [0.25, 0.3) is 5.91 Å². The van der Waals surface area contributed by atoms with Gasteiger partial charge in [-0.2, -0.15) is 0 Å². The van der Waals surface area contributed by atoms with E-state index in [4.69, 9.17) is 9.94 Å². The van der Waals surface area contributed by atoms with Crippen LogP contribution in [-0.2, 0) is 9.53 Å². The first-order valence-electron chi connectivity index (χ1n) is 8.04. The van der Waals surface area contributed by atoms with E-state index in [1.165, 1.54) is 17.6 Å². The van der Waals surface area contributed by atoms with E-state index in [0.29, 0.717) is 5.69 Å². The van der Waals surface area contributed by atoms with Crippen molar-refractivity contribution in [3.05, 3.63) is 72.1 Å². The Kier molecular flexibility index (Phi) is 6.90. The van der Waals surface area contributed by atoms with Crippen LogP contribution in [0.25, 0.3) is 0 Å². The average molecular weight is 374 g/mol. The number of hydrogen-bond donors (Lipinski definition) is 4. The van der Waals surface area contributed by atoms with Gasteiger partial charge in [0.1, 0.15) is 6.10 Å². The largest absolute Gasteiger partial charge is 0.505 e. The Bertz CT molecular complexity index is 826. The standard InChI is InChI=1S/C19H19FN2O5/c1-12(7-10-17(24)22-26)18(13-8-9-16(23)15(20)11-13)27-19(25)21-14-5-3-2-4-6-14/h2-12,18,23,26H,1H3,(H,21,25)(H,22,24)/b10-7+/t12-,18-/m1/s1. The molecule has 2 amide bonds. The molecule has 0 saturated heterocycles. The van der Waals surface area contributed by atoms with Crippen LogP contribution < -0.4 is 10.8 Å². The van der Waals surface area contributed by atoms with Crippen LogP contribution in [0.5, 0.6) is 5.75 Å². The van der Waals surface area contributed by atoms with Crippen LogP contribution in [0.15, 0.2) is 60.7 Å². The van der Waals surface area contributed by atoms with Gasteiger partial charge in [-0.15, -0.1) is 0 Å². The number of aromatic hydroxyl groups is 1. The average Bonchev–Trinajstić information content (AvgIpc) is 2.67. The monoisotopic (exact) mass is 374 g/mol. The van der Waals surface area contributed by atoms with Crippen molar-refractivity contribution in [1.29, 1.82) is 0 Å². The number of ether oxygens (including phenoxy) is 1. The lowest BCUT2D eigenvalue weighted by Gasteiger charge is -2.23. The molecule has 0 aliphatic carbocycles. The summed E-state index contributed by atoms with van der Waals surface area (Å²) in [6.07, 6.45) is 0.738. The van der Waals surface area contributed by atoms with E-state index in [-0.39, 0.29) is 5.56 Å². The first kappa shape index (κ1) is 19.9. The van der Waals surface area contributed by atoms with E-state index in [1.54, 1.807) is 37.3 Å². The SMILES string of the molecule is C[C@H](/C=C/C(=O)NO)[C@@H](OC(=O)Nc1ccccc1)c1ccc(O)c(F)c1. The molecule has 0 aliphatic heterocycles. The minimum atomic E-state index is -0.952. The van der Waals surface area contributed by atoms with E-state index in [0.717, 1.165) is 18.2 Å². The molecule has 27 heavy (non-hydrogen) atoms. The maximum Gasteiger partial charge on any atom is 0.412 e. The summed E-state index contributed by atoms with van der Waals surface area (Å²) in [7, 11) is 0. The molecule has 0 saturated carbocycles. The fraction of sp³-hybridized carbons (Fsp3) is 0.158. The van der Waals surface area contributed by atoms with E-state index in [1.807, 2.05) is 0 Å². The minimum absolute atomic E-state index is 0.287. The number of nitrogens with one attached hydrogen (secondary N) is 2. The molecule has 0 aromatic heterocycles. The summed E-state index contributed by atoms with van der Waals surface area (Å²) in [5.74, 6) is -2.71. The molecule has 0 bridgehead atoms. The number of halogens is 1. The first-order valence-corrected chi connectivity index (χ1v) is 8.04. The quantitative estimate of drug-likeness (QED) is 0.352. The van der Waals surface area contributed by atoms with E-state index >= 15 is 0 Å². The highest BCUT2D eigenvalue weighted by Gasteiger charge is 2.23. The maximum atomic E-state index is 13.7. The van der Waals surface area contributed by atoms with Gasteiger partial charge in [0.15, 0.2) is 11.6 Å². The third-order valence-corrected chi connectivity index (χ3v) is 3.69. The van der Waals surface area contributed by atoms with E-state index in [2.05, 4.69) is 5.32 Å². The molecule has 2 aromatic rings. The van der Waals surface area contributed by atoms with Crippen molar-refractivity contribution in [2.45, 2.75) is 13.0 Å². The Labute approximate surface area is 155 Å². The van der Waals surface area contributed by atoms with E-state index in [9.17, 15) is 19.1 Å². The molecule has 2 aromatic carbocycles. The smallest absolute Gasteiger partial charge is 0.412 e. The van der Waals surface area contributed by atoms with Gasteiger partial charge in [0.2, 0.25) is 0 Å². The van der Waals surface area contributed by atoms with Crippen molar-refractivity contribution in [2.75, 3.05) is 5.32 Å². The summed E-state index contributed by atoms with van der Waals surface area (Å²) in [5.41, 5.74) is 2.25. The Morgan fingerprint density at radius 1 is 1.19 bits per heavy atom. The molecule has 0 heterocycles. The Morgan fingerprint density at radius 2 is 1.89 bits per heavy atom. The third kappa shape index (κ3) is 5.82. The Morgan fingerprint density at radius 3 is 2.52 bits per heavy atom. The van der Waals surface area contributed by atoms with Crippen molar-refractivity contribution in [2.24, 2.45) is 5.92 Å². The summed E-state index contributed by atoms with van der Waals surface area (Å²) in [4.78, 5) is 23.4. The molecule has 2 atom stereocenters. The molecule has 7 nitrogen and oxygen atoms in total. The van der Waals surface area contributed by atoms with Gasteiger partial charge in [-0.3, -0.25) is 15.3 Å². The topological polar surface area (TPSA) is 108 Å². The van der Waals surface area contributed by atoms with Gasteiger partial charge >= 0.3 is 6.09 Å². The molecular formula is C19H19FN2O5. The molecule has 142 valence electrons. The summed E-state index contributed by atoms with van der Waals surface area (Å²) in [6.45, 7) is 1.65. The Balaban J connectivity index is 2.22. The predicted octanol–water partition coefficient (Wildman–Crippen LogP) is 3.52. The van der Waals surface area contributed by atoms with Gasteiger partial charge in [-0.05, 0) is 29.8 Å². The molecule has 0 unspecified atom stereocenters. The zero-order chi connectivity index (χ0) is 19.8. The molecule has 0 spiro atoms. The molecule has 0 fully saturated rings. The van der Waals surface area contributed by atoms with Crippen molar-refractivity contribution < 1.29 is 29.0 Å². The number of anilines is 1. The third-order valence-electron chi connectivity index (χ3n) is 3.69. The molecular weight excluding hydrogens is 355 g/mol. The lowest BCUT2D eigenvalue weighted by molar-refractivity contribution is -0.124. The maximum absolute atomic E-state index is 13.7. The minimum Gasteiger partial charge on any atom is -0.505 e. The first-order chi connectivity index (χ1) is 12.9. The number of phenolic OH excluding ortho intramolecular Hbond substituents is 1. The zero-order valence-corrected chi connectivity index (χ0v) is 14.4. The second-order valence-corrected chi connectivity index (χ2v) is 5.72. The number of carbonyl (C=O) groups is 2. The number of para-hydroxylation sites is 1. The number of hydroxylamine groups is 1. The second kappa shape index (κ2) is 9.35. The Hall–Kier alpha value is -3.39. The molecule has 0 aliphatic rings. The van der Waals surface area contributed by atoms with Crippen LogP contribution in [0, 0.1) is 11.7 Å². The van der Waals surface area contributed by atoms with Crippen LogP contribution in [0.3, 0.4) is 0 Å². The number of amides is 2. The zero-order valence-electron chi connectivity index (χ0n) is 14.4. The normalized spacial score (nSPS) is 13.0. The fourth-order valence-corrected chi connectivity index (χ4v) is 2.34. The van der Waals surface area contributed by atoms with Gasteiger partial charge in [-0.25, -0.2) is 14.7 Å². The second-order valence-electron chi connectivity index (χ2n) is 5.72. The van der Waals surface area contributed by atoms with Crippen LogP contribution >= 0.6 is 0 Å². The summed E-state index contributed by atoms with van der Waals surface area (Å²) < 4.78 is 19.2. The molecule has 4 N–H and O–H groups in total. The highest BCUT2D eigenvalue weighted by atomic mass is 19.1. The van der Waals surface area contributed by atoms with Crippen molar-refractivity contribution in [1.82, 2.24) is 5.48 Å². The molecule has 2 rings (SSSR count). The van der Waals surface area contributed by atoms with Gasteiger partial charge in [0, 0.05) is 17.7 Å². The van der Waals surface area contributed by atoms with Crippen LogP contribution in [0.2, 0.25) is 0 Å². The summed E-state index contributed by atoms with van der Waals surface area (Å²) in [6, 6.07) is 12.2. The van der Waals surface area contributed by atoms with Gasteiger partial charge in [-0.1, -0.05) is 37.3 Å². The van der Waals surface area contributed by atoms with Crippen LogP contribution in [0.1, 0.15) is 18.6 Å². The molecule has 0 radical (unpaired) electrons. The summed E-state index contributed by atoms with van der Waals surface area (Å²) >= 11 is 0. The highest BCUT2D eigenvalue weighted by Crippen LogP contribution is 2.30. The summed E-state index contributed by atoms with van der Waals surface area (Å²) in [5, 5.41) is 20.5. The van der Waals surface area contributed by atoms with Gasteiger partial charge in [0.05, 0.1) is 0 Å². The van der Waals surface area contributed by atoms with Crippen molar-refractivity contribution >= 4 is 17.7 Å². The van der Waals surface area contributed by atoms with Crippen LogP contribution in [-0.4, -0.2) is 22.3 Å². The number of carbonyl (C=O) groups excluding carboxylic acids is 2. The fourth-order valence-electron chi connectivity index (χ4n) is 2.34. The predicted molar refractivity (Wildman–Crippen MR) is 95.6 cm³/mol. The van der Waals surface area contributed by atoms with Crippen molar-refractivity contribution in [3.63, 3.8) is 0 Å².